The van der Waals surface area contributed by atoms with Crippen molar-refractivity contribution in [2.75, 3.05) is 37.3 Å². The van der Waals surface area contributed by atoms with Crippen LogP contribution in [-0.2, 0) is 4.74 Å². The van der Waals surface area contributed by atoms with Crippen LogP contribution in [0.1, 0.15) is 18.4 Å². The van der Waals surface area contributed by atoms with Crippen molar-refractivity contribution in [1.82, 2.24) is 4.90 Å². The molecular weight excluding hydrogens is 238 g/mol. The summed E-state index contributed by atoms with van der Waals surface area (Å²) in [6.45, 7) is 6.15. The van der Waals surface area contributed by atoms with Crippen molar-refractivity contribution in [1.29, 1.82) is 0 Å². The minimum absolute atomic E-state index is 0.298. The molecule has 19 heavy (non-hydrogen) atoms. The number of nitrogens with zero attached hydrogens (tertiary/aromatic N) is 1. The van der Waals surface area contributed by atoms with E-state index in [2.05, 4.69) is 17.1 Å². The zero-order valence-electron chi connectivity index (χ0n) is 11.6. The number of aryl methyl sites for hydroxylation is 1. The van der Waals surface area contributed by atoms with Crippen LogP contribution in [0.3, 0.4) is 0 Å². The summed E-state index contributed by atoms with van der Waals surface area (Å²) in [6.07, 6.45) is 2.92. The second-order valence-corrected chi connectivity index (χ2v) is 5.70. The topological polar surface area (TPSA) is 50.5 Å². The highest BCUT2D eigenvalue weighted by Crippen LogP contribution is 2.23. The molecule has 104 valence electrons. The fourth-order valence-electron chi connectivity index (χ4n) is 3.12. The molecule has 2 fully saturated rings. The minimum Gasteiger partial charge on any atom is -0.399 e. The molecule has 4 nitrogen and oxygen atoms in total. The summed E-state index contributed by atoms with van der Waals surface area (Å²) in [5.41, 5.74) is 8.93. The van der Waals surface area contributed by atoms with Crippen LogP contribution in [0.15, 0.2) is 18.2 Å². The third kappa shape index (κ3) is 2.85. The van der Waals surface area contributed by atoms with Gasteiger partial charge in [0.2, 0.25) is 0 Å². The summed E-state index contributed by atoms with van der Waals surface area (Å²) in [7, 11) is 0. The molecule has 1 aromatic carbocycles. The molecule has 1 aromatic rings. The van der Waals surface area contributed by atoms with E-state index in [1.807, 2.05) is 18.2 Å². The van der Waals surface area contributed by atoms with Gasteiger partial charge in [-0.2, -0.15) is 0 Å². The lowest BCUT2D eigenvalue weighted by Gasteiger charge is -2.35. The Morgan fingerprint density at radius 3 is 3.21 bits per heavy atom. The molecule has 0 saturated carbocycles. The normalized spacial score (nSPS) is 27.2. The van der Waals surface area contributed by atoms with Crippen molar-refractivity contribution in [2.45, 2.75) is 31.9 Å². The number of morpholine rings is 1. The zero-order valence-corrected chi connectivity index (χ0v) is 11.6. The number of ether oxygens (including phenoxy) is 1. The smallest absolute Gasteiger partial charge is 0.0874 e. The molecule has 2 aliphatic heterocycles. The van der Waals surface area contributed by atoms with E-state index in [0.717, 1.165) is 31.1 Å². The van der Waals surface area contributed by atoms with E-state index in [1.165, 1.54) is 24.9 Å². The third-order valence-electron chi connectivity index (χ3n) is 4.23. The first kappa shape index (κ1) is 12.8. The van der Waals surface area contributed by atoms with E-state index in [1.54, 1.807) is 0 Å². The average Bonchev–Trinajstić information content (AvgIpc) is 2.85. The Morgan fingerprint density at radius 1 is 1.47 bits per heavy atom. The average molecular weight is 261 g/mol. The van der Waals surface area contributed by atoms with Gasteiger partial charge < -0.3 is 15.8 Å². The van der Waals surface area contributed by atoms with Crippen molar-refractivity contribution in [2.24, 2.45) is 0 Å². The number of hydrogen-bond acceptors (Lipinski definition) is 4. The molecule has 0 bridgehead atoms. The van der Waals surface area contributed by atoms with E-state index in [9.17, 15) is 0 Å². The number of hydrogen-bond donors (Lipinski definition) is 2. The Balaban J connectivity index is 1.54. The van der Waals surface area contributed by atoms with Crippen molar-refractivity contribution < 1.29 is 4.74 Å². The van der Waals surface area contributed by atoms with Crippen LogP contribution < -0.4 is 11.1 Å². The number of anilines is 2. The maximum Gasteiger partial charge on any atom is 0.0874 e. The molecule has 0 amide bonds. The lowest BCUT2D eigenvalue weighted by Crippen LogP contribution is -2.48. The first-order valence-electron chi connectivity index (χ1n) is 7.18. The standard InChI is InChI=1S/C15H23N3O/c1-11-7-12(16)4-5-15(11)17-8-14-9-18-6-2-3-13(18)10-19-14/h4-5,7,13-14,17H,2-3,6,8-10,16H2,1H3. The van der Waals surface area contributed by atoms with E-state index in [4.69, 9.17) is 10.5 Å². The molecule has 2 saturated heterocycles. The van der Waals surface area contributed by atoms with Crippen LogP contribution in [0.5, 0.6) is 0 Å². The highest BCUT2D eigenvalue weighted by atomic mass is 16.5. The van der Waals surface area contributed by atoms with Crippen LogP contribution in [0.25, 0.3) is 0 Å². The number of nitrogens with one attached hydrogen (secondary N) is 1. The number of rotatable bonds is 3. The van der Waals surface area contributed by atoms with Crippen molar-refractivity contribution in [3.8, 4) is 0 Å². The summed E-state index contributed by atoms with van der Waals surface area (Å²) in [5.74, 6) is 0. The summed E-state index contributed by atoms with van der Waals surface area (Å²) in [5, 5.41) is 3.48. The van der Waals surface area contributed by atoms with Crippen LogP contribution in [0, 0.1) is 6.92 Å². The van der Waals surface area contributed by atoms with Gasteiger partial charge in [0.1, 0.15) is 0 Å². The Kier molecular flexibility index (Phi) is 3.62. The van der Waals surface area contributed by atoms with E-state index in [-0.39, 0.29) is 0 Å². The van der Waals surface area contributed by atoms with Gasteiger partial charge in [0.15, 0.2) is 0 Å². The van der Waals surface area contributed by atoms with Crippen LogP contribution in [0.2, 0.25) is 0 Å². The highest BCUT2D eigenvalue weighted by Gasteiger charge is 2.31. The van der Waals surface area contributed by atoms with Gasteiger partial charge in [0, 0.05) is 30.5 Å². The number of nitrogens with two attached hydrogens (primary N) is 1. The summed E-state index contributed by atoms with van der Waals surface area (Å²) in [6, 6.07) is 6.66. The van der Waals surface area contributed by atoms with Gasteiger partial charge in [-0.25, -0.2) is 0 Å². The maximum atomic E-state index is 5.95. The van der Waals surface area contributed by atoms with Gasteiger partial charge >= 0.3 is 0 Å². The molecule has 0 aromatic heterocycles. The van der Waals surface area contributed by atoms with Crippen LogP contribution >= 0.6 is 0 Å². The molecule has 4 heteroatoms. The van der Waals surface area contributed by atoms with Gasteiger partial charge in [-0.3, -0.25) is 4.90 Å². The largest absolute Gasteiger partial charge is 0.399 e. The van der Waals surface area contributed by atoms with Gasteiger partial charge in [0.05, 0.1) is 12.7 Å². The van der Waals surface area contributed by atoms with Gasteiger partial charge in [-0.1, -0.05) is 0 Å². The Hall–Kier alpha value is -1.26. The maximum absolute atomic E-state index is 5.95. The number of fused-ring (bicyclic) bond motifs is 1. The lowest BCUT2D eigenvalue weighted by molar-refractivity contribution is -0.0415. The van der Waals surface area contributed by atoms with Crippen molar-refractivity contribution >= 4 is 11.4 Å². The van der Waals surface area contributed by atoms with E-state index < -0.39 is 0 Å². The molecule has 0 radical (unpaired) electrons. The minimum atomic E-state index is 0.298. The third-order valence-corrected chi connectivity index (χ3v) is 4.23. The predicted molar refractivity (Wildman–Crippen MR) is 78.4 cm³/mol. The second kappa shape index (κ2) is 5.39. The summed E-state index contributed by atoms with van der Waals surface area (Å²) >= 11 is 0. The Bertz CT molecular complexity index is 449. The Morgan fingerprint density at radius 2 is 2.37 bits per heavy atom. The van der Waals surface area contributed by atoms with Gasteiger partial charge in [0.25, 0.3) is 0 Å². The van der Waals surface area contributed by atoms with E-state index in [0.29, 0.717) is 12.1 Å². The quantitative estimate of drug-likeness (QED) is 0.815. The summed E-state index contributed by atoms with van der Waals surface area (Å²) in [4.78, 5) is 2.58. The van der Waals surface area contributed by atoms with E-state index >= 15 is 0 Å². The van der Waals surface area contributed by atoms with Gasteiger partial charge in [-0.05, 0) is 50.1 Å². The molecule has 2 aliphatic rings. The molecule has 0 spiro atoms. The fraction of sp³-hybridized carbons (Fsp3) is 0.600. The molecule has 3 N–H and O–H groups in total. The molecular formula is C15H23N3O. The Labute approximate surface area is 114 Å². The second-order valence-electron chi connectivity index (χ2n) is 5.70. The molecule has 0 aliphatic carbocycles. The van der Waals surface area contributed by atoms with Gasteiger partial charge in [-0.15, -0.1) is 0 Å². The van der Waals surface area contributed by atoms with Crippen LogP contribution in [0.4, 0.5) is 11.4 Å². The first-order valence-corrected chi connectivity index (χ1v) is 7.18. The summed E-state index contributed by atoms with van der Waals surface area (Å²) < 4.78 is 5.95. The van der Waals surface area contributed by atoms with Crippen molar-refractivity contribution in [3.63, 3.8) is 0 Å². The monoisotopic (exact) mass is 261 g/mol. The molecule has 3 rings (SSSR count). The zero-order chi connectivity index (χ0) is 13.2. The molecule has 2 atom stereocenters. The van der Waals surface area contributed by atoms with Crippen molar-refractivity contribution in [3.05, 3.63) is 23.8 Å². The van der Waals surface area contributed by atoms with Crippen LogP contribution in [-0.4, -0.2) is 43.3 Å². The SMILES string of the molecule is Cc1cc(N)ccc1NCC1CN2CCCC2CO1. The fourth-order valence-corrected chi connectivity index (χ4v) is 3.12. The lowest BCUT2D eigenvalue weighted by atomic mass is 10.1. The molecule has 2 unspecified atom stereocenters. The predicted octanol–water partition coefficient (Wildman–Crippen LogP) is 1.85. The number of nitrogen functional groups attached to an aromatic ring is 1. The number of benzene rings is 1. The highest BCUT2D eigenvalue weighted by molar-refractivity contribution is 5.57. The first-order chi connectivity index (χ1) is 9.22. The molecule has 2 heterocycles.